The van der Waals surface area contributed by atoms with Crippen molar-refractivity contribution in [3.05, 3.63) is 77.6 Å². The molecule has 46 heavy (non-hydrogen) atoms. The van der Waals surface area contributed by atoms with E-state index in [1.807, 2.05) is 4.90 Å². The molecule has 3 amide bonds. The summed E-state index contributed by atoms with van der Waals surface area (Å²) in [5.41, 5.74) is 1.49. The number of amides is 3. The lowest BCUT2D eigenvalue weighted by Crippen LogP contribution is -2.57. The maximum Gasteiger partial charge on any atom is 0.276 e. The van der Waals surface area contributed by atoms with Crippen molar-refractivity contribution in [3.63, 3.8) is 0 Å². The molecule has 10 nitrogen and oxygen atoms in total. The third-order valence-corrected chi connectivity index (χ3v) is 9.24. The summed E-state index contributed by atoms with van der Waals surface area (Å²) in [4.78, 5) is 45.9. The molecule has 3 unspecified atom stereocenters. The summed E-state index contributed by atoms with van der Waals surface area (Å²) >= 11 is 0. The van der Waals surface area contributed by atoms with Gasteiger partial charge in [0.2, 0.25) is 11.8 Å². The molecule has 1 saturated heterocycles. The zero-order chi connectivity index (χ0) is 32.6. The van der Waals surface area contributed by atoms with Gasteiger partial charge in [-0.3, -0.25) is 14.4 Å². The highest BCUT2D eigenvalue weighted by atomic mass is 19.1. The Balaban J connectivity index is 1.36. The van der Waals surface area contributed by atoms with Crippen LogP contribution in [0.25, 0.3) is 5.69 Å². The molecule has 3 atom stereocenters. The molecule has 2 aromatic carbocycles. The number of likely N-dealkylation sites (tertiary alicyclic amines) is 1. The first-order valence-electron chi connectivity index (χ1n) is 16.2. The van der Waals surface area contributed by atoms with Gasteiger partial charge in [-0.2, -0.15) is 9.90 Å². The van der Waals surface area contributed by atoms with E-state index in [9.17, 15) is 23.2 Å². The normalized spacial score (nSPS) is 18.3. The topological polar surface area (TPSA) is 112 Å². The molecule has 1 aliphatic heterocycles. The van der Waals surface area contributed by atoms with Crippen LogP contribution in [0.1, 0.15) is 67.9 Å². The van der Waals surface area contributed by atoms with Gasteiger partial charge in [-0.1, -0.05) is 31.4 Å². The van der Waals surface area contributed by atoms with Gasteiger partial charge in [0, 0.05) is 25.7 Å². The Bertz CT molecular complexity index is 1470. The van der Waals surface area contributed by atoms with Crippen molar-refractivity contribution in [1.82, 2.24) is 35.4 Å². The fraction of sp³-hybridized carbons (Fsp3) is 0.500. The molecule has 1 aliphatic carbocycles. The molecule has 12 heteroatoms. The summed E-state index contributed by atoms with van der Waals surface area (Å²) in [6, 6.07) is 10.5. The summed E-state index contributed by atoms with van der Waals surface area (Å²) < 4.78 is 27.0. The largest absolute Gasteiger partial charge is 0.343 e. The zero-order valence-corrected chi connectivity index (χ0v) is 26.5. The number of benzene rings is 2. The van der Waals surface area contributed by atoms with E-state index in [-0.39, 0.29) is 47.7 Å². The SMILES string of the molecule is CNC(C)C(=O)NC(C(=O)N1CCCC1CN(CCc1ccc(F)cc1)C(=O)c1cnn(-c2ccc(F)cc2)n1)C1CCCCC1. The van der Waals surface area contributed by atoms with E-state index in [0.29, 0.717) is 31.6 Å². The lowest BCUT2D eigenvalue weighted by Gasteiger charge is -2.36. The third-order valence-electron chi connectivity index (χ3n) is 9.24. The first kappa shape index (κ1) is 33.2. The van der Waals surface area contributed by atoms with Gasteiger partial charge in [0.1, 0.15) is 17.7 Å². The number of carbonyl (C=O) groups is 3. The van der Waals surface area contributed by atoms with Gasteiger partial charge >= 0.3 is 0 Å². The minimum Gasteiger partial charge on any atom is -0.343 e. The van der Waals surface area contributed by atoms with E-state index >= 15 is 0 Å². The highest BCUT2D eigenvalue weighted by Gasteiger charge is 2.39. The molecule has 1 aromatic heterocycles. The van der Waals surface area contributed by atoms with E-state index < -0.39 is 17.9 Å². The van der Waals surface area contributed by atoms with Crippen LogP contribution in [0.3, 0.4) is 0 Å². The van der Waals surface area contributed by atoms with Gasteiger partial charge in [-0.05, 0) is 94.0 Å². The number of hydrogen-bond donors (Lipinski definition) is 2. The summed E-state index contributed by atoms with van der Waals surface area (Å²) in [7, 11) is 1.72. The highest BCUT2D eigenvalue weighted by molar-refractivity contribution is 5.92. The fourth-order valence-electron chi connectivity index (χ4n) is 6.42. The van der Waals surface area contributed by atoms with Gasteiger partial charge in [0.25, 0.3) is 5.91 Å². The Morgan fingerprint density at radius 2 is 1.63 bits per heavy atom. The highest BCUT2D eigenvalue weighted by Crippen LogP contribution is 2.30. The van der Waals surface area contributed by atoms with E-state index in [4.69, 9.17) is 0 Å². The molecule has 1 saturated carbocycles. The zero-order valence-electron chi connectivity index (χ0n) is 26.5. The predicted molar refractivity (Wildman–Crippen MR) is 169 cm³/mol. The average molecular weight is 636 g/mol. The van der Waals surface area contributed by atoms with E-state index in [0.717, 1.165) is 44.1 Å². The molecular weight excluding hydrogens is 592 g/mol. The van der Waals surface area contributed by atoms with Crippen molar-refractivity contribution in [3.8, 4) is 5.69 Å². The van der Waals surface area contributed by atoms with Crippen LogP contribution < -0.4 is 10.6 Å². The predicted octanol–water partition coefficient (Wildman–Crippen LogP) is 3.89. The Morgan fingerprint density at radius 1 is 0.957 bits per heavy atom. The van der Waals surface area contributed by atoms with Crippen molar-refractivity contribution in [2.24, 2.45) is 5.92 Å². The Kier molecular flexibility index (Phi) is 11.1. The second-order valence-electron chi connectivity index (χ2n) is 12.3. The lowest BCUT2D eigenvalue weighted by atomic mass is 9.83. The van der Waals surface area contributed by atoms with Crippen molar-refractivity contribution < 1.29 is 23.2 Å². The number of likely N-dealkylation sites (N-methyl/N-ethyl adjacent to an activating group) is 1. The molecule has 0 radical (unpaired) electrons. The summed E-state index contributed by atoms with van der Waals surface area (Å²) in [6.07, 6.45) is 8.31. The second kappa shape index (κ2) is 15.4. The van der Waals surface area contributed by atoms with E-state index in [2.05, 4.69) is 20.8 Å². The smallest absolute Gasteiger partial charge is 0.276 e. The van der Waals surface area contributed by atoms with Crippen LogP contribution in [0.5, 0.6) is 0 Å². The van der Waals surface area contributed by atoms with Gasteiger partial charge in [0.05, 0.1) is 17.9 Å². The van der Waals surface area contributed by atoms with Crippen LogP contribution >= 0.6 is 0 Å². The first-order chi connectivity index (χ1) is 22.2. The minimum atomic E-state index is -0.622. The molecule has 2 fully saturated rings. The number of nitrogens with zero attached hydrogens (tertiary/aromatic N) is 5. The molecule has 2 aliphatic rings. The van der Waals surface area contributed by atoms with Gasteiger partial charge < -0.3 is 20.4 Å². The summed E-state index contributed by atoms with van der Waals surface area (Å²) in [6.45, 7) is 2.90. The minimum absolute atomic E-state index is 0.0632. The molecule has 2 heterocycles. The molecule has 5 rings (SSSR count). The van der Waals surface area contributed by atoms with Crippen molar-refractivity contribution in [1.29, 1.82) is 0 Å². The van der Waals surface area contributed by atoms with Crippen LogP contribution in [0.15, 0.2) is 54.7 Å². The molecule has 246 valence electrons. The van der Waals surface area contributed by atoms with Crippen LogP contribution in [0.4, 0.5) is 8.78 Å². The molecule has 0 spiro atoms. The second-order valence-corrected chi connectivity index (χ2v) is 12.3. The summed E-state index contributed by atoms with van der Waals surface area (Å²) in [5, 5.41) is 14.6. The van der Waals surface area contributed by atoms with Crippen LogP contribution in [0.2, 0.25) is 0 Å². The van der Waals surface area contributed by atoms with E-state index in [1.54, 1.807) is 31.0 Å². The Hall–Kier alpha value is -4.19. The number of carbonyl (C=O) groups excluding carboxylic acids is 3. The Morgan fingerprint density at radius 3 is 2.30 bits per heavy atom. The van der Waals surface area contributed by atoms with Gasteiger partial charge in [-0.15, -0.1) is 5.10 Å². The standard InChI is InChI=1S/C34H43F2N7O3/c1-23(37-2)32(44)39-31(25-7-4-3-5-8-25)34(46)42-19-6-9-29(42)22-41(20-18-24-10-12-26(35)13-11-24)33(45)30-21-38-43(40-30)28-16-14-27(36)15-17-28/h10-17,21,23,25,29,31,37H,3-9,18-20,22H2,1-2H3,(H,39,44). The number of hydrogen-bond acceptors (Lipinski definition) is 6. The fourth-order valence-corrected chi connectivity index (χ4v) is 6.42. The quantitative estimate of drug-likeness (QED) is 0.313. The molecule has 2 N–H and O–H groups in total. The van der Waals surface area contributed by atoms with Gasteiger partial charge in [-0.25, -0.2) is 8.78 Å². The van der Waals surface area contributed by atoms with Crippen LogP contribution in [0, 0.1) is 17.6 Å². The van der Waals surface area contributed by atoms with E-state index in [1.165, 1.54) is 47.4 Å². The van der Waals surface area contributed by atoms with Crippen LogP contribution in [-0.4, -0.2) is 87.3 Å². The summed E-state index contributed by atoms with van der Waals surface area (Å²) in [5.74, 6) is -1.32. The number of rotatable bonds is 12. The van der Waals surface area contributed by atoms with Crippen molar-refractivity contribution in [2.45, 2.75) is 76.4 Å². The third kappa shape index (κ3) is 8.14. The number of aromatic nitrogens is 3. The van der Waals surface area contributed by atoms with Crippen LogP contribution in [-0.2, 0) is 16.0 Å². The maximum absolute atomic E-state index is 14.2. The molecule has 0 bridgehead atoms. The maximum atomic E-state index is 14.2. The number of nitrogens with one attached hydrogen (secondary N) is 2. The van der Waals surface area contributed by atoms with Gasteiger partial charge in [0.15, 0.2) is 5.69 Å². The lowest BCUT2D eigenvalue weighted by molar-refractivity contribution is -0.139. The van der Waals surface area contributed by atoms with Crippen molar-refractivity contribution in [2.75, 3.05) is 26.7 Å². The monoisotopic (exact) mass is 635 g/mol. The first-order valence-corrected chi connectivity index (χ1v) is 16.2. The molecular formula is C34H43F2N7O3. The number of halogens is 2. The Labute approximate surface area is 268 Å². The van der Waals surface area contributed by atoms with Crippen molar-refractivity contribution >= 4 is 17.7 Å². The average Bonchev–Trinajstić information content (AvgIpc) is 3.76. The molecule has 3 aromatic rings.